The Morgan fingerprint density at radius 3 is 1.84 bits per heavy atom. The van der Waals surface area contributed by atoms with Crippen LogP contribution in [0.15, 0.2) is 30.5 Å². The Bertz CT molecular complexity index is 1450. The molecule has 17 nitrogen and oxygen atoms in total. The molecule has 13 N–H and O–H groups in total. The number of carboxylic acids is 1. The van der Waals surface area contributed by atoms with Gasteiger partial charge in [-0.25, -0.2) is 0 Å². The van der Waals surface area contributed by atoms with Crippen LogP contribution in [0.3, 0.4) is 0 Å². The van der Waals surface area contributed by atoms with Crippen molar-refractivity contribution in [3.8, 4) is 0 Å². The summed E-state index contributed by atoms with van der Waals surface area (Å²) >= 11 is 0. The van der Waals surface area contributed by atoms with E-state index in [1.54, 1.807) is 6.20 Å². The number of carboxylic acid groups (broad SMARTS) is 1. The molecular formula is C38H64N10O7. The first-order valence-corrected chi connectivity index (χ1v) is 19.6. The van der Waals surface area contributed by atoms with E-state index < -0.39 is 42.2 Å². The molecule has 17 heteroatoms. The smallest absolute Gasteiger partial charge is 0.305 e. The van der Waals surface area contributed by atoms with Crippen molar-refractivity contribution in [1.82, 2.24) is 42.2 Å². The van der Waals surface area contributed by atoms with Crippen LogP contribution in [0.1, 0.15) is 82.6 Å². The summed E-state index contributed by atoms with van der Waals surface area (Å²) in [5.74, 6) is -2.98. The van der Waals surface area contributed by atoms with Crippen LogP contribution in [0.4, 0.5) is 0 Å². The van der Waals surface area contributed by atoms with Crippen molar-refractivity contribution in [1.29, 1.82) is 0 Å². The lowest BCUT2D eigenvalue weighted by atomic mass is 10.1. The van der Waals surface area contributed by atoms with E-state index in [-0.39, 0.29) is 37.7 Å². The molecule has 0 saturated carbocycles. The fraction of sp³-hybridized carbons (Fsp3) is 0.632. The lowest BCUT2D eigenvalue weighted by Gasteiger charge is -2.22. The molecule has 2 rings (SSSR count). The molecule has 1 heterocycles. The molecule has 5 amide bonds. The third kappa shape index (κ3) is 21.2. The summed E-state index contributed by atoms with van der Waals surface area (Å²) in [7, 11) is 0. The summed E-state index contributed by atoms with van der Waals surface area (Å²) in [5, 5.41) is 30.5. The van der Waals surface area contributed by atoms with E-state index in [4.69, 9.17) is 11.5 Å². The van der Waals surface area contributed by atoms with Crippen molar-refractivity contribution in [2.24, 2.45) is 11.5 Å². The minimum atomic E-state index is -1.33. The van der Waals surface area contributed by atoms with Crippen LogP contribution in [0, 0.1) is 0 Å². The average molecular weight is 773 g/mol. The maximum Gasteiger partial charge on any atom is 0.305 e. The van der Waals surface area contributed by atoms with Gasteiger partial charge < -0.3 is 58.8 Å². The summed E-state index contributed by atoms with van der Waals surface area (Å²) in [5.41, 5.74) is 12.8. The molecule has 1 aromatic heterocycles. The molecule has 0 fully saturated rings. The second-order valence-electron chi connectivity index (χ2n) is 13.5. The number of nitrogens with one attached hydrogen (secondary N) is 8. The van der Waals surface area contributed by atoms with Crippen LogP contribution < -0.4 is 48.7 Å². The number of para-hydroxylation sites is 1. The lowest BCUT2D eigenvalue weighted by Crippen LogP contribution is -2.54. The highest BCUT2D eigenvalue weighted by atomic mass is 16.4. The van der Waals surface area contributed by atoms with Gasteiger partial charge in [-0.3, -0.25) is 28.8 Å². The number of aromatic amines is 1. The van der Waals surface area contributed by atoms with Gasteiger partial charge in [0.1, 0.15) is 12.1 Å². The van der Waals surface area contributed by atoms with Crippen LogP contribution in [0.25, 0.3) is 10.9 Å². The molecule has 2 atom stereocenters. The third-order valence-electron chi connectivity index (χ3n) is 8.83. The number of H-pyrrole nitrogens is 1. The number of nitrogens with two attached hydrogens (primary N) is 2. The molecule has 0 spiro atoms. The highest BCUT2D eigenvalue weighted by molar-refractivity contribution is 5.95. The topological polar surface area (TPSA) is 275 Å². The van der Waals surface area contributed by atoms with E-state index in [1.165, 1.54) is 0 Å². The molecule has 55 heavy (non-hydrogen) atoms. The van der Waals surface area contributed by atoms with Crippen molar-refractivity contribution in [3.63, 3.8) is 0 Å². The van der Waals surface area contributed by atoms with Gasteiger partial charge in [0.25, 0.3) is 0 Å². The first-order chi connectivity index (χ1) is 26.6. The van der Waals surface area contributed by atoms with Gasteiger partial charge in [0, 0.05) is 62.7 Å². The first-order valence-electron chi connectivity index (χ1n) is 19.6. The summed E-state index contributed by atoms with van der Waals surface area (Å²) in [6.07, 6.45) is 8.32. The predicted octanol–water partition coefficient (Wildman–Crippen LogP) is -0.109. The number of rotatable bonds is 32. The molecule has 0 unspecified atom stereocenters. The molecule has 0 aliphatic rings. The molecule has 0 radical (unpaired) electrons. The van der Waals surface area contributed by atoms with E-state index in [0.717, 1.165) is 55.2 Å². The molecule has 1 aromatic carbocycles. The lowest BCUT2D eigenvalue weighted by molar-refractivity contribution is -0.141. The minimum Gasteiger partial charge on any atom is -0.481 e. The molecule has 2 aromatic rings. The monoisotopic (exact) mass is 772 g/mol. The summed E-state index contributed by atoms with van der Waals surface area (Å²) in [6, 6.07) is 5.20. The van der Waals surface area contributed by atoms with Gasteiger partial charge in [0.05, 0.1) is 12.8 Å². The van der Waals surface area contributed by atoms with E-state index in [9.17, 15) is 33.9 Å². The quantitative estimate of drug-likeness (QED) is 0.0437. The molecule has 308 valence electrons. The van der Waals surface area contributed by atoms with E-state index in [0.29, 0.717) is 71.2 Å². The summed E-state index contributed by atoms with van der Waals surface area (Å²) in [4.78, 5) is 77.7. The molecular weight excluding hydrogens is 708 g/mol. The Morgan fingerprint density at radius 1 is 0.618 bits per heavy atom. The van der Waals surface area contributed by atoms with Gasteiger partial charge in [-0.1, -0.05) is 18.2 Å². The summed E-state index contributed by atoms with van der Waals surface area (Å²) < 4.78 is 0. The SMILES string of the molecule is NCCCCNCCC(=O)NCCCCNCCC(=O)NCCCCCNC(=O)[C@H](CC(=O)O)NC(=O)[C@H](CCCN)NC(=O)Cc1c[nH]c2ccccc12. The minimum absolute atomic E-state index is 0.0243. The van der Waals surface area contributed by atoms with Crippen molar-refractivity contribution in [2.45, 2.75) is 95.6 Å². The van der Waals surface area contributed by atoms with Gasteiger partial charge in [-0.15, -0.1) is 0 Å². The van der Waals surface area contributed by atoms with Gasteiger partial charge in [-0.2, -0.15) is 0 Å². The normalized spacial score (nSPS) is 12.1. The Labute approximate surface area is 324 Å². The fourth-order valence-corrected chi connectivity index (χ4v) is 5.76. The average Bonchev–Trinajstić information content (AvgIpc) is 3.56. The van der Waals surface area contributed by atoms with Crippen LogP contribution in [-0.2, 0) is 35.2 Å². The van der Waals surface area contributed by atoms with Gasteiger partial charge >= 0.3 is 5.97 Å². The fourth-order valence-electron chi connectivity index (χ4n) is 5.76. The highest BCUT2D eigenvalue weighted by Gasteiger charge is 2.28. The zero-order chi connectivity index (χ0) is 40.1. The number of fused-ring (bicyclic) bond motifs is 1. The third-order valence-corrected chi connectivity index (χ3v) is 8.83. The number of carbonyl (C=O) groups is 6. The van der Waals surface area contributed by atoms with E-state index in [2.05, 4.69) is 42.2 Å². The predicted molar refractivity (Wildman–Crippen MR) is 212 cm³/mol. The molecule has 0 aliphatic carbocycles. The number of hydrogen-bond donors (Lipinski definition) is 11. The van der Waals surface area contributed by atoms with Crippen LogP contribution in [-0.4, -0.2) is 117 Å². The zero-order valence-electron chi connectivity index (χ0n) is 32.1. The Morgan fingerprint density at radius 2 is 1.20 bits per heavy atom. The van der Waals surface area contributed by atoms with Crippen LogP contribution in [0.5, 0.6) is 0 Å². The van der Waals surface area contributed by atoms with Gasteiger partial charge in [0.2, 0.25) is 29.5 Å². The zero-order valence-corrected chi connectivity index (χ0v) is 32.1. The maximum atomic E-state index is 13.2. The molecule has 0 aliphatic heterocycles. The van der Waals surface area contributed by atoms with Gasteiger partial charge in [0.15, 0.2) is 0 Å². The number of unbranched alkanes of at least 4 members (excludes halogenated alkanes) is 4. The molecule has 0 saturated heterocycles. The Balaban J connectivity index is 1.58. The van der Waals surface area contributed by atoms with Crippen molar-refractivity contribution in [3.05, 3.63) is 36.0 Å². The van der Waals surface area contributed by atoms with Crippen molar-refractivity contribution < 1.29 is 33.9 Å². The number of aliphatic carboxylic acids is 1. The van der Waals surface area contributed by atoms with Crippen LogP contribution >= 0.6 is 0 Å². The standard InChI is InChI=1S/C38H64N10O7/c39-16-4-7-18-41-23-14-34(50)44-21-9-8-19-42-24-15-33(49)43-20-5-1-6-22-45-37(54)32(26-36(52)53)48-38(55)31(13-10-17-40)47-35(51)25-28-27-46-30-12-3-2-11-29(28)30/h2-3,11-12,27,31-32,41-42,46H,1,4-10,13-26,39-40H2,(H,43,49)(H,44,50)(H,45,54)(H,47,51)(H,48,55)(H,52,53)/t31-,32-/m0/s1. The van der Waals surface area contributed by atoms with Crippen molar-refractivity contribution >= 4 is 46.4 Å². The van der Waals surface area contributed by atoms with Crippen molar-refractivity contribution in [2.75, 3.05) is 58.9 Å². The van der Waals surface area contributed by atoms with Gasteiger partial charge in [-0.05, 0) is 95.6 Å². The largest absolute Gasteiger partial charge is 0.481 e. The van der Waals surface area contributed by atoms with E-state index in [1.807, 2.05) is 24.3 Å². The second kappa shape index (κ2) is 28.8. The number of aromatic nitrogens is 1. The number of amides is 5. The second-order valence-corrected chi connectivity index (χ2v) is 13.5. The number of hydrogen-bond acceptors (Lipinski definition) is 10. The number of benzene rings is 1. The Kier molecular flexibility index (Phi) is 24.4. The van der Waals surface area contributed by atoms with E-state index >= 15 is 0 Å². The maximum absolute atomic E-state index is 13.2. The summed E-state index contributed by atoms with van der Waals surface area (Å²) in [6.45, 7) is 5.19. The number of carbonyl (C=O) groups excluding carboxylic acids is 5. The van der Waals surface area contributed by atoms with Crippen LogP contribution in [0.2, 0.25) is 0 Å². The highest BCUT2D eigenvalue weighted by Crippen LogP contribution is 2.18. The first kappa shape index (κ1) is 46.6. The Hall–Kier alpha value is -4.58. The molecule has 0 bridgehead atoms.